The lowest BCUT2D eigenvalue weighted by atomic mass is 10.1. The van der Waals surface area contributed by atoms with Crippen LogP contribution < -0.4 is 5.32 Å². The lowest BCUT2D eigenvalue weighted by molar-refractivity contribution is -0.136. The molecule has 0 aliphatic rings. The number of aromatic hydroxyl groups is 1. The van der Waals surface area contributed by atoms with Crippen LogP contribution >= 0.6 is 15.9 Å². The molecule has 2 aromatic rings. The van der Waals surface area contributed by atoms with E-state index in [1.807, 2.05) is 0 Å². The highest BCUT2D eigenvalue weighted by molar-refractivity contribution is 9.10. The van der Waals surface area contributed by atoms with E-state index in [1.54, 1.807) is 30.3 Å². The van der Waals surface area contributed by atoms with Gasteiger partial charge in [0.15, 0.2) is 0 Å². The molecule has 21 heavy (non-hydrogen) atoms. The molecular formula is C15H12BrNO4. The Balaban J connectivity index is 2.27. The molecule has 0 spiro atoms. The first-order valence-electron chi connectivity index (χ1n) is 6.07. The number of carboxylic acid groups (broad SMARTS) is 1. The number of halogens is 1. The number of amides is 1. The number of phenols is 1. The first-order valence-corrected chi connectivity index (χ1v) is 6.86. The van der Waals surface area contributed by atoms with Crippen LogP contribution in [0.4, 0.5) is 5.69 Å². The fourth-order valence-electron chi connectivity index (χ4n) is 1.84. The highest BCUT2D eigenvalue weighted by atomic mass is 79.9. The zero-order chi connectivity index (χ0) is 15.4. The smallest absolute Gasteiger partial charge is 0.307 e. The lowest BCUT2D eigenvalue weighted by Crippen LogP contribution is -2.14. The highest BCUT2D eigenvalue weighted by Crippen LogP contribution is 2.24. The largest absolute Gasteiger partial charge is 0.507 e. The number of rotatable bonds is 4. The summed E-state index contributed by atoms with van der Waals surface area (Å²) in [5.41, 5.74) is 1.01. The minimum absolute atomic E-state index is 0.106. The molecular weight excluding hydrogens is 338 g/mol. The summed E-state index contributed by atoms with van der Waals surface area (Å²) in [5, 5.41) is 21.2. The molecule has 0 heterocycles. The van der Waals surface area contributed by atoms with Gasteiger partial charge in [-0.1, -0.05) is 34.1 Å². The van der Waals surface area contributed by atoms with Crippen LogP contribution in [-0.2, 0) is 11.2 Å². The van der Waals surface area contributed by atoms with Crippen LogP contribution in [0.2, 0.25) is 0 Å². The van der Waals surface area contributed by atoms with Crippen LogP contribution in [0, 0.1) is 0 Å². The summed E-state index contributed by atoms with van der Waals surface area (Å²) in [7, 11) is 0. The molecule has 6 heteroatoms. The summed E-state index contributed by atoms with van der Waals surface area (Å²) in [4.78, 5) is 23.0. The van der Waals surface area contributed by atoms with Crippen molar-refractivity contribution >= 4 is 33.5 Å². The van der Waals surface area contributed by atoms with Crippen molar-refractivity contribution in [3.05, 3.63) is 58.1 Å². The highest BCUT2D eigenvalue weighted by Gasteiger charge is 2.14. The Labute approximate surface area is 129 Å². The lowest BCUT2D eigenvalue weighted by Gasteiger charge is -2.10. The summed E-state index contributed by atoms with van der Waals surface area (Å²) >= 11 is 3.23. The van der Waals surface area contributed by atoms with Crippen molar-refractivity contribution in [2.24, 2.45) is 0 Å². The van der Waals surface area contributed by atoms with Crippen LogP contribution in [0.3, 0.4) is 0 Å². The molecule has 0 aromatic heterocycles. The van der Waals surface area contributed by atoms with Gasteiger partial charge in [-0.3, -0.25) is 9.59 Å². The SMILES string of the molecule is O=C(O)Cc1ccccc1NC(=O)c1cc(Br)ccc1O. The Morgan fingerprint density at radius 1 is 1.14 bits per heavy atom. The fraction of sp³-hybridized carbons (Fsp3) is 0.0667. The van der Waals surface area contributed by atoms with Gasteiger partial charge < -0.3 is 15.5 Å². The van der Waals surface area contributed by atoms with Crippen molar-refractivity contribution in [1.82, 2.24) is 0 Å². The van der Waals surface area contributed by atoms with E-state index in [4.69, 9.17) is 5.11 Å². The minimum Gasteiger partial charge on any atom is -0.507 e. The molecule has 0 aliphatic carbocycles. The van der Waals surface area contributed by atoms with Crippen LogP contribution in [0.5, 0.6) is 5.75 Å². The topological polar surface area (TPSA) is 86.6 Å². The quantitative estimate of drug-likeness (QED) is 0.791. The third-order valence-electron chi connectivity index (χ3n) is 2.81. The van der Waals surface area contributed by atoms with Crippen LogP contribution in [0.25, 0.3) is 0 Å². The van der Waals surface area contributed by atoms with Gasteiger partial charge in [-0.15, -0.1) is 0 Å². The molecule has 2 aromatic carbocycles. The molecule has 0 saturated carbocycles. The van der Waals surface area contributed by atoms with E-state index in [-0.39, 0.29) is 17.7 Å². The number of phenolic OH excluding ortho intramolecular Hbond substituents is 1. The summed E-state index contributed by atoms with van der Waals surface area (Å²) in [5.74, 6) is -1.64. The maximum Gasteiger partial charge on any atom is 0.307 e. The molecule has 108 valence electrons. The molecule has 3 N–H and O–H groups in total. The average Bonchev–Trinajstić information content (AvgIpc) is 2.43. The van der Waals surface area contributed by atoms with Crippen molar-refractivity contribution in [1.29, 1.82) is 0 Å². The van der Waals surface area contributed by atoms with Crippen molar-refractivity contribution in [3.8, 4) is 5.75 Å². The normalized spacial score (nSPS) is 10.1. The van der Waals surface area contributed by atoms with E-state index < -0.39 is 11.9 Å². The Hall–Kier alpha value is -2.34. The van der Waals surface area contributed by atoms with Crippen molar-refractivity contribution < 1.29 is 19.8 Å². The second-order valence-electron chi connectivity index (χ2n) is 4.34. The molecule has 5 nitrogen and oxygen atoms in total. The van der Waals surface area contributed by atoms with E-state index in [1.165, 1.54) is 12.1 Å². The van der Waals surface area contributed by atoms with Gasteiger partial charge in [0.25, 0.3) is 5.91 Å². The zero-order valence-corrected chi connectivity index (χ0v) is 12.4. The molecule has 0 saturated heterocycles. The molecule has 0 atom stereocenters. The number of carbonyl (C=O) groups excluding carboxylic acids is 1. The van der Waals surface area contributed by atoms with Crippen molar-refractivity contribution in [2.45, 2.75) is 6.42 Å². The number of hydrogen-bond donors (Lipinski definition) is 3. The van der Waals surface area contributed by atoms with E-state index in [0.717, 1.165) is 0 Å². The van der Waals surface area contributed by atoms with Gasteiger partial charge in [0.05, 0.1) is 12.0 Å². The fourth-order valence-corrected chi connectivity index (χ4v) is 2.20. The third-order valence-corrected chi connectivity index (χ3v) is 3.30. The van der Waals surface area contributed by atoms with Gasteiger partial charge >= 0.3 is 5.97 Å². The van der Waals surface area contributed by atoms with Gasteiger partial charge in [-0.2, -0.15) is 0 Å². The van der Waals surface area contributed by atoms with E-state index in [2.05, 4.69) is 21.2 Å². The second-order valence-corrected chi connectivity index (χ2v) is 5.26. The van der Waals surface area contributed by atoms with Crippen molar-refractivity contribution in [3.63, 3.8) is 0 Å². The molecule has 0 radical (unpaired) electrons. The Kier molecular flexibility index (Phi) is 4.59. The maximum atomic E-state index is 12.2. The van der Waals surface area contributed by atoms with Crippen LogP contribution in [-0.4, -0.2) is 22.1 Å². The predicted octanol–water partition coefficient (Wildman–Crippen LogP) is 3.03. The number of carboxylic acids is 1. The van der Waals surface area contributed by atoms with Gasteiger partial charge in [0.2, 0.25) is 0 Å². The van der Waals surface area contributed by atoms with Crippen molar-refractivity contribution in [2.75, 3.05) is 5.32 Å². The van der Waals surface area contributed by atoms with Gasteiger partial charge in [0.1, 0.15) is 5.75 Å². The first-order chi connectivity index (χ1) is 9.97. The molecule has 0 aliphatic heterocycles. The number of benzene rings is 2. The number of carbonyl (C=O) groups is 2. The monoisotopic (exact) mass is 349 g/mol. The standard InChI is InChI=1S/C15H12BrNO4/c16-10-5-6-13(18)11(8-10)15(21)17-12-4-2-1-3-9(12)7-14(19)20/h1-6,8,18H,7H2,(H,17,21)(H,19,20). The number of hydrogen-bond acceptors (Lipinski definition) is 3. The maximum absolute atomic E-state index is 12.2. The Morgan fingerprint density at radius 2 is 1.86 bits per heavy atom. The molecule has 2 rings (SSSR count). The van der Waals surface area contributed by atoms with Crippen LogP contribution in [0.1, 0.15) is 15.9 Å². The summed E-state index contributed by atoms with van der Waals surface area (Å²) < 4.78 is 0.657. The number of nitrogens with one attached hydrogen (secondary N) is 1. The van der Waals surface area contributed by atoms with Gasteiger partial charge in [-0.05, 0) is 29.8 Å². The molecule has 0 fully saturated rings. The summed E-state index contributed by atoms with van der Waals surface area (Å²) in [6.07, 6.45) is -0.194. The van der Waals surface area contributed by atoms with Gasteiger partial charge in [-0.25, -0.2) is 0 Å². The first kappa shape index (κ1) is 15.1. The van der Waals surface area contributed by atoms with E-state index in [9.17, 15) is 14.7 Å². The zero-order valence-electron chi connectivity index (χ0n) is 10.8. The molecule has 0 unspecified atom stereocenters. The number of anilines is 1. The Morgan fingerprint density at radius 3 is 2.57 bits per heavy atom. The van der Waals surface area contributed by atoms with Gasteiger partial charge in [0, 0.05) is 10.2 Å². The number of aliphatic carboxylic acids is 1. The minimum atomic E-state index is -0.984. The van der Waals surface area contributed by atoms with E-state index >= 15 is 0 Å². The Bertz CT molecular complexity index is 700. The second kappa shape index (κ2) is 6.41. The molecule has 1 amide bonds. The van der Waals surface area contributed by atoms with E-state index in [0.29, 0.717) is 15.7 Å². The molecule has 0 bridgehead atoms. The average molecular weight is 350 g/mol. The van der Waals surface area contributed by atoms with Crippen LogP contribution in [0.15, 0.2) is 46.9 Å². The summed E-state index contributed by atoms with van der Waals surface area (Å²) in [6, 6.07) is 11.2. The third kappa shape index (κ3) is 3.82. The predicted molar refractivity (Wildman–Crippen MR) is 81.5 cm³/mol. The summed E-state index contributed by atoms with van der Waals surface area (Å²) in [6.45, 7) is 0. The number of para-hydroxylation sites is 1.